The van der Waals surface area contributed by atoms with Gasteiger partial charge in [-0.3, -0.25) is 28.6 Å². The number of amides is 3. The number of carbonyl (C=O) groups is 3. The van der Waals surface area contributed by atoms with Crippen molar-refractivity contribution in [1.82, 2.24) is 9.88 Å². The van der Waals surface area contributed by atoms with E-state index >= 15 is 0 Å². The molecule has 0 saturated heterocycles. The molecule has 0 spiro atoms. The number of halogens is 1. The Kier molecular flexibility index (Phi) is 8.58. The van der Waals surface area contributed by atoms with Gasteiger partial charge in [-0.1, -0.05) is 32.0 Å². The van der Waals surface area contributed by atoms with E-state index in [-0.39, 0.29) is 28.3 Å². The second-order valence-corrected chi connectivity index (χ2v) is 9.22. The molecule has 39 heavy (non-hydrogen) atoms. The summed E-state index contributed by atoms with van der Waals surface area (Å²) in [5, 5.41) is 5.42. The summed E-state index contributed by atoms with van der Waals surface area (Å²) >= 11 is 0. The second-order valence-electron chi connectivity index (χ2n) is 9.22. The van der Waals surface area contributed by atoms with Gasteiger partial charge in [0, 0.05) is 25.3 Å². The Labute approximate surface area is 226 Å². The molecule has 0 radical (unpaired) electrons. The molecule has 1 aliphatic rings. The van der Waals surface area contributed by atoms with Gasteiger partial charge in [-0.25, -0.2) is 4.39 Å². The summed E-state index contributed by atoms with van der Waals surface area (Å²) in [6, 6.07) is 11.2. The molecule has 0 atom stereocenters. The van der Waals surface area contributed by atoms with Crippen molar-refractivity contribution in [1.29, 1.82) is 0 Å². The van der Waals surface area contributed by atoms with E-state index in [1.165, 1.54) is 42.6 Å². The fourth-order valence-corrected chi connectivity index (χ4v) is 4.56. The quantitative estimate of drug-likeness (QED) is 0.375. The summed E-state index contributed by atoms with van der Waals surface area (Å²) < 4.78 is 15.9. The van der Waals surface area contributed by atoms with Crippen molar-refractivity contribution in [3.05, 3.63) is 80.9 Å². The van der Waals surface area contributed by atoms with Crippen LogP contribution in [0.4, 0.5) is 27.3 Å². The standard InChI is InChI=1S/C27H28FN5O4.C2H6/c1-15-8-9-20(19(28)12-15)31-23-21(24(35)30-3)22(16(2)25(36)32(23)4)33(14-34)18-7-5-6-17(13-18)27(10-11-27)26(29)37;1-2/h5-9,12-14,31H,10-11H2,1-4H3,(H2,29,37)(H,30,35);1-2H3. The number of rotatable bonds is 8. The monoisotopic (exact) mass is 535 g/mol. The summed E-state index contributed by atoms with van der Waals surface area (Å²) in [6.07, 6.45) is 1.68. The summed E-state index contributed by atoms with van der Waals surface area (Å²) in [4.78, 5) is 52.3. The molecule has 2 aromatic carbocycles. The summed E-state index contributed by atoms with van der Waals surface area (Å²) in [5.74, 6) is -1.61. The first-order chi connectivity index (χ1) is 18.5. The van der Waals surface area contributed by atoms with Crippen LogP contribution in [0.15, 0.2) is 47.3 Å². The molecule has 0 bridgehead atoms. The van der Waals surface area contributed by atoms with Gasteiger partial charge in [0.05, 0.1) is 16.8 Å². The molecule has 1 aliphatic carbocycles. The molecule has 206 valence electrons. The molecule has 1 fully saturated rings. The van der Waals surface area contributed by atoms with E-state index < -0.39 is 28.6 Å². The lowest BCUT2D eigenvalue weighted by molar-refractivity contribution is -0.120. The third kappa shape index (κ3) is 5.27. The third-order valence-corrected chi connectivity index (χ3v) is 6.87. The van der Waals surface area contributed by atoms with Gasteiger partial charge >= 0.3 is 0 Å². The molecule has 9 nitrogen and oxygen atoms in total. The fourth-order valence-electron chi connectivity index (χ4n) is 4.56. The number of carbonyl (C=O) groups excluding carboxylic acids is 3. The van der Waals surface area contributed by atoms with Crippen molar-refractivity contribution in [2.24, 2.45) is 12.8 Å². The van der Waals surface area contributed by atoms with E-state index in [4.69, 9.17) is 5.73 Å². The average Bonchev–Trinajstić information content (AvgIpc) is 3.75. The van der Waals surface area contributed by atoms with Crippen LogP contribution < -0.4 is 26.8 Å². The van der Waals surface area contributed by atoms with E-state index in [1.54, 1.807) is 37.3 Å². The van der Waals surface area contributed by atoms with E-state index in [0.29, 0.717) is 36.1 Å². The number of aryl methyl sites for hydroxylation is 1. The topological polar surface area (TPSA) is 127 Å². The molecule has 0 unspecified atom stereocenters. The van der Waals surface area contributed by atoms with Gasteiger partial charge in [0.1, 0.15) is 17.2 Å². The number of nitrogens with one attached hydrogen (secondary N) is 2. The Morgan fingerprint density at radius 3 is 2.33 bits per heavy atom. The van der Waals surface area contributed by atoms with Crippen LogP contribution in [0.1, 0.15) is 53.7 Å². The minimum absolute atomic E-state index is 0.00602. The summed E-state index contributed by atoms with van der Waals surface area (Å²) in [6.45, 7) is 7.25. The van der Waals surface area contributed by atoms with Gasteiger partial charge < -0.3 is 16.4 Å². The van der Waals surface area contributed by atoms with Gasteiger partial charge in [0.2, 0.25) is 12.3 Å². The molecule has 4 N–H and O–H groups in total. The first-order valence-electron chi connectivity index (χ1n) is 12.7. The van der Waals surface area contributed by atoms with Crippen LogP contribution >= 0.6 is 0 Å². The predicted octanol–water partition coefficient (Wildman–Crippen LogP) is 4.08. The highest BCUT2D eigenvalue weighted by Crippen LogP contribution is 2.49. The van der Waals surface area contributed by atoms with Crippen molar-refractivity contribution >= 4 is 41.1 Å². The number of aromatic nitrogens is 1. The normalized spacial score (nSPS) is 13.0. The first-order valence-corrected chi connectivity index (χ1v) is 12.7. The van der Waals surface area contributed by atoms with Crippen molar-refractivity contribution in [2.45, 2.75) is 46.0 Å². The lowest BCUT2D eigenvalue weighted by atomic mass is 9.94. The SMILES string of the molecule is CC.CNC(=O)c1c(N(C=O)c2cccc(C3(C(N)=O)CC3)c2)c(C)c(=O)n(C)c1Nc1ccc(C)cc1F. The number of nitrogens with zero attached hydrogens (tertiary/aromatic N) is 2. The van der Waals surface area contributed by atoms with Gasteiger partial charge in [0.25, 0.3) is 11.5 Å². The van der Waals surface area contributed by atoms with E-state index in [0.717, 1.165) is 0 Å². The third-order valence-electron chi connectivity index (χ3n) is 6.87. The minimum atomic E-state index is -0.800. The fraction of sp³-hybridized carbons (Fsp3) is 0.310. The Hall–Kier alpha value is -4.47. The van der Waals surface area contributed by atoms with Gasteiger partial charge in [-0.05, 0) is 62.1 Å². The molecular weight excluding hydrogens is 501 g/mol. The minimum Gasteiger partial charge on any atom is -0.369 e. The van der Waals surface area contributed by atoms with Crippen LogP contribution in [0.2, 0.25) is 0 Å². The highest BCUT2D eigenvalue weighted by atomic mass is 19.1. The Morgan fingerprint density at radius 2 is 1.79 bits per heavy atom. The Morgan fingerprint density at radius 1 is 1.13 bits per heavy atom. The van der Waals surface area contributed by atoms with Gasteiger partial charge in [-0.15, -0.1) is 0 Å². The maximum absolute atomic E-state index is 14.7. The maximum Gasteiger partial charge on any atom is 0.256 e. The molecule has 0 aliphatic heterocycles. The molecule has 1 saturated carbocycles. The van der Waals surface area contributed by atoms with E-state index in [9.17, 15) is 23.6 Å². The van der Waals surface area contributed by atoms with Crippen LogP contribution in [0.5, 0.6) is 0 Å². The molecule has 1 heterocycles. The molecule has 4 rings (SSSR count). The van der Waals surface area contributed by atoms with Crippen molar-refractivity contribution in [3.63, 3.8) is 0 Å². The van der Waals surface area contributed by atoms with E-state index in [1.807, 2.05) is 13.8 Å². The number of pyridine rings is 1. The molecular formula is C29H34FN5O4. The predicted molar refractivity (Wildman–Crippen MR) is 150 cm³/mol. The number of benzene rings is 2. The van der Waals surface area contributed by atoms with Crippen molar-refractivity contribution in [3.8, 4) is 0 Å². The van der Waals surface area contributed by atoms with Crippen LogP contribution in [0.25, 0.3) is 0 Å². The molecule has 1 aromatic heterocycles. The zero-order valence-electron chi connectivity index (χ0n) is 23.0. The highest BCUT2D eigenvalue weighted by molar-refractivity contribution is 6.09. The Bertz CT molecular complexity index is 1490. The number of nitrogens with two attached hydrogens (primary N) is 1. The smallest absolute Gasteiger partial charge is 0.256 e. The largest absolute Gasteiger partial charge is 0.369 e. The number of anilines is 4. The molecule has 10 heteroatoms. The highest BCUT2D eigenvalue weighted by Gasteiger charge is 2.50. The van der Waals surface area contributed by atoms with Crippen LogP contribution in [0, 0.1) is 19.7 Å². The summed E-state index contributed by atoms with van der Waals surface area (Å²) in [5.41, 5.74) is 6.22. The van der Waals surface area contributed by atoms with Crippen molar-refractivity contribution < 1.29 is 18.8 Å². The Balaban J connectivity index is 0.00000205. The van der Waals surface area contributed by atoms with Gasteiger partial charge in [-0.2, -0.15) is 0 Å². The second kappa shape index (κ2) is 11.5. The molecule has 3 amide bonds. The number of hydrogen-bond donors (Lipinski definition) is 3. The zero-order valence-corrected chi connectivity index (χ0v) is 23.0. The zero-order chi connectivity index (χ0) is 29.1. The number of primary amides is 1. The lowest BCUT2D eigenvalue weighted by Crippen LogP contribution is -2.33. The van der Waals surface area contributed by atoms with Crippen molar-refractivity contribution in [2.75, 3.05) is 17.3 Å². The number of hydrogen-bond acceptors (Lipinski definition) is 5. The van der Waals surface area contributed by atoms with Gasteiger partial charge in [0.15, 0.2) is 0 Å². The van der Waals surface area contributed by atoms with Crippen LogP contribution in [-0.2, 0) is 22.1 Å². The first kappa shape index (κ1) is 29.1. The summed E-state index contributed by atoms with van der Waals surface area (Å²) in [7, 11) is 2.87. The van der Waals surface area contributed by atoms with Crippen LogP contribution in [0.3, 0.4) is 0 Å². The van der Waals surface area contributed by atoms with Crippen LogP contribution in [-0.4, -0.2) is 29.8 Å². The lowest BCUT2D eigenvalue weighted by Gasteiger charge is -2.27. The average molecular weight is 536 g/mol. The molecule has 3 aromatic rings. The maximum atomic E-state index is 14.7. The van der Waals surface area contributed by atoms with E-state index in [2.05, 4.69) is 10.6 Å².